The summed E-state index contributed by atoms with van der Waals surface area (Å²) in [6, 6.07) is 21.4. The number of benzene rings is 3. The molecule has 0 aliphatic heterocycles. The number of aromatic nitrogens is 3. The highest BCUT2D eigenvalue weighted by atomic mass is 16.5. The number of carbonyl (C=O) groups is 1. The van der Waals surface area contributed by atoms with Crippen molar-refractivity contribution in [2.45, 2.75) is 6.54 Å². The van der Waals surface area contributed by atoms with E-state index >= 15 is 0 Å². The Morgan fingerprint density at radius 2 is 1.83 bits per heavy atom. The molecule has 0 bridgehead atoms. The number of rotatable bonds is 6. The van der Waals surface area contributed by atoms with Crippen LogP contribution in [0.5, 0.6) is 11.5 Å². The van der Waals surface area contributed by atoms with Crippen LogP contribution < -0.4 is 15.8 Å². The smallest absolute Gasteiger partial charge is 0.257 e. The zero-order valence-electron chi connectivity index (χ0n) is 18.8. The van der Waals surface area contributed by atoms with Crippen LogP contribution in [-0.4, -0.2) is 39.0 Å². The van der Waals surface area contributed by atoms with E-state index in [1.54, 1.807) is 31.4 Å². The molecule has 5 rings (SSSR count). The molecule has 0 aliphatic rings. The third-order valence-electron chi connectivity index (χ3n) is 5.51. The predicted molar refractivity (Wildman–Crippen MR) is 135 cm³/mol. The van der Waals surface area contributed by atoms with Gasteiger partial charge in [-0.05, 0) is 47.5 Å². The van der Waals surface area contributed by atoms with E-state index in [9.17, 15) is 9.90 Å². The molecule has 9 heteroatoms. The predicted octanol–water partition coefficient (Wildman–Crippen LogP) is 3.69. The monoisotopic (exact) mass is 466 g/mol. The second kappa shape index (κ2) is 9.14. The van der Waals surface area contributed by atoms with Crippen molar-refractivity contribution >= 4 is 40.1 Å². The lowest BCUT2D eigenvalue weighted by atomic mass is 10.2. The minimum absolute atomic E-state index is 0.110. The summed E-state index contributed by atoms with van der Waals surface area (Å²) < 4.78 is 6.57. The number of nitrogens with zero attached hydrogens (tertiary/aromatic N) is 4. The maximum atomic E-state index is 13.3. The fourth-order valence-electron chi connectivity index (χ4n) is 3.73. The maximum Gasteiger partial charge on any atom is 0.257 e. The lowest BCUT2D eigenvalue weighted by Gasteiger charge is -2.06. The maximum absolute atomic E-state index is 13.3. The number of nitrogen functional groups attached to an aromatic ring is 1. The van der Waals surface area contributed by atoms with Gasteiger partial charge in [0.15, 0.2) is 5.65 Å². The molecule has 0 saturated carbocycles. The molecule has 0 atom stereocenters. The van der Waals surface area contributed by atoms with Crippen LogP contribution in [0.25, 0.3) is 22.2 Å². The van der Waals surface area contributed by atoms with Crippen molar-refractivity contribution in [3.05, 3.63) is 89.5 Å². The number of carbonyl (C=O) groups excluding carboxylic acids is 1. The zero-order valence-corrected chi connectivity index (χ0v) is 18.8. The average molecular weight is 467 g/mol. The standard InChI is InChI=1S/C26H22N6O3/c1-35-19-11-9-16(10-12-19)14-28-26(34)22-23-25(31-21-8-3-2-7-20(21)30-23)32(24(22)27)29-15-17-5-4-6-18(33)13-17/h2-13,15,33H,14,27H2,1H3,(H,28,34). The van der Waals surface area contributed by atoms with Gasteiger partial charge in [0.25, 0.3) is 5.91 Å². The van der Waals surface area contributed by atoms with Gasteiger partial charge in [-0.2, -0.15) is 9.78 Å². The van der Waals surface area contributed by atoms with Crippen molar-refractivity contribution in [2.75, 3.05) is 12.8 Å². The van der Waals surface area contributed by atoms with Gasteiger partial charge in [-0.25, -0.2) is 9.97 Å². The fourth-order valence-corrected chi connectivity index (χ4v) is 3.73. The van der Waals surface area contributed by atoms with Crippen molar-refractivity contribution in [3.8, 4) is 11.5 Å². The summed E-state index contributed by atoms with van der Waals surface area (Å²) >= 11 is 0. The Morgan fingerprint density at radius 1 is 1.09 bits per heavy atom. The minimum Gasteiger partial charge on any atom is -0.508 e. The first kappa shape index (κ1) is 21.9. The first-order valence-corrected chi connectivity index (χ1v) is 10.8. The lowest BCUT2D eigenvalue weighted by Crippen LogP contribution is -2.23. The number of hydrogen-bond donors (Lipinski definition) is 3. The van der Waals surface area contributed by atoms with E-state index in [1.165, 1.54) is 10.9 Å². The Labute approximate surface area is 200 Å². The van der Waals surface area contributed by atoms with Crippen molar-refractivity contribution in [1.82, 2.24) is 20.0 Å². The van der Waals surface area contributed by atoms with Crippen molar-refractivity contribution < 1.29 is 14.6 Å². The van der Waals surface area contributed by atoms with E-state index in [0.717, 1.165) is 11.3 Å². The largest absolute Gasteiger partial charge is 0.508 e. The van der Waals surface area contributed by atoms with Gasteiger partial charge in [0.05, 0.1) is 24.4 Å². The second-order valence-electron chi connectivity index (χ2n) is 7.83. The number of ether oxygens (including phenoxy) is 1. The molecule has 4 N–H and O–H groups in total. The van der Waals surface area contributed by atoms with Gasteiger partial charge in [-0.1, -0.05) is 36.4 Å². The second-order valence-corrected chi connectivity index (χ2v) is 7.83. The summed E-state index contributed by atoms with van der Waals surface area (Å²) in [5.74, 6) is 0.570. The highest BCUT2D eigenvalue weighted by Gasteiger charge is 2.24. The number of aromatic hydroxyl groups is 1. The van der Waals surface area contributed by atoms with Crippen LogP contribution in [0.15, 0.2) is 77.9 Å². The number of phenols is 1. The number of para-hydroxylation sites is 2. The van der Waals surface area contributed by atoms with Crippen LogP contribution in [0.2, 0.25) is 0 Å². The van der Waals surface area contributed by atoms with Crippen molar-refractivity contribution in [1.29, 1.82) is 0 Å². The molecule has 1 amide bonds. The number of anilines is 1. The van der Waals surface area contributed by atoms with Gasteiger partial charge >= 0.3 is 0 Å². The molecule has 0 unspecified atom stereocenters. The van der Waals surface area contributed by atoms with Crippen molar-refractivity contribution in [3.63, 3.8) is 0 Å². The Bertz CT molecular complexity index is 1570. The zero-order chi connectivity index (χ0) is 24.4. The van der Waals surface area contributed by atoms with E-state index in [-0.39, 0.29) is 23.0 Å². The lowest BCUT2D eigenvalue weighted by molar-refractivity contribution is 0.0953. The van der Waals surface area contributed by atoms with Crippen LogP contribution in [0.3, 0.4) is 0 Å². The van der Waals surface area contributed by atoms with Crippen LogP contribution in [0.1, 0.15) is 21.5 Å². The summed E-state index contributed by atoms with van der Waals surface area (Å²) in [6.07, 6.45) is 1.53. The molecule has 0 aliphatic carbocycles. The minimum atomic E-state index is -0.390. The molecule has 2 heterocycles. The molecule has 3 aromatic carbocycles. The molecule has 2 aromatic heterocycles. The third-order valence-corrected chi connectivity index (χ3v) is 5.51. The Kier molecular flexibility index (Phi) is 5.72. The molecular weight excluding hydrogens is 444 g/mol. The Balaban J connectivity index is 1.55. The first-order chi connectivity index (χ1) is 17.0. The van der Waals surface area contributed by atoms with Crippen LogP contribution >= 0.6 is 0 Å². The van der Waals surface area contributed by atoms with Gasteiger partial charge in [0.1, 0.15) is 28.4 Å². The van der Waals surface area contributed by atoms with Crippen LogP contribution in [0, 0.1) is 0 Å². The number of hydrogen-bond acceptors (Lipinski definition) is 7. The summed E-state index contributed by atoms with van der Waals surface area (Å²) in [5.41, 5.74) is 10.2. The normalized spacial score (nSPS) is 11.3. The van der Waals surface area contributed by atoms with Gasteiger partial charge in [-0.3, -0.25) is 4.79 Å². The fraction of sp³-hybridized carbons (Fsp3) is 0.0769. The number of fused-ring (bicyclic) bond motifs is 2. The summed E-state index contributed by atoms with van der Waals surface area (Å²) in [7, 11) is 1.60. The van der Waals surface area contributed by atoms with Crippen molar-refractivity contribution in [2.24, 2.45) is 5.10 Å². The molecule has 35 heavy (non-hydrogen) atoms. The third kappa shape index (κ3) is 4.34. The van der Waals surface area contributed by atoms with Gasteiger partial charge < -0.3 is 20.9 Å². The number of nitrogens with two attached hydrogens (primary N) is 1. The molecule has 0 radical (unpaired) electrons. The summed E-state index contributed by atoms with van der Waals surface area (Å²) in [5, 5.41) is 17.1. The quantitative estimate of drug-likeness (QED) is 0.328. The number of amides is 1. The van der Waals surface area contributed by atoms with Crippen LogP contribution in [0.4, 0.5) is 5.82 Å². The van der Waals surface area contributed by atoms with E-state index in [1.807, 2.05) is 48.5 Å². The molecule has 5 aromatic rings. The molecule has 9 nitrogen and oxygen atoms in total. The molecular formula is C26H22N6O3. The highest BCUT2D eigenvalue weighted by molar-refractivity contribution is 6.10. The van der Waals surface area contributed by atoms with E-state index in [0.29, 0.717) is 34.3 Å². The highest BCUT2D eigenvalue weighted by Crippen LogP contribution is 2.28. The van der Waals surface area contributed by atoms with Gasteiger partial charge in [-0.15, -0.1) is 0 Å². The van der Waals surface area contributed by atoms with E-state index in [2.05, 4.69) is 20.4 Å². The van der Waals surface area contributed by atoms with Crippen LogP contribution in [-0.2, 0) is 6.54 Å². The Hall–Kier alpha value is -4.92. The van der Waals surface area contributed by atoms with Gasteiger partial charge in [0, 0.05) is 6.54 Å². The summed E-state index contributed by atoms with van der Waals surface area (Å²) in [4.78, 5) is 22.6. The van der Waals surface area contributed by atoms with Gasteiger partial charge in [0.2, 0.25) is 0 Å². The first-order valence-electron chi connectivity index (χ1n) is 10.8. The van der Waals surface area contributed by atoms with E-state index in [4.69, 9.17) is 10.5 Å². The Morgan fingerprint density at radius 3 is 2.54 bits per heavy atom. The molecule has 174 valence electrons. The SMILES string of the molecule is COc1ccc(CNC(=O)c2c(N)n(N=Cc3cccc(O)c3)c3nc4ccccc4nc23)cc1. The van der Waals surface area contributed by atoms with E-state index < -0.39 is 0 Å². The molecule has 0 saturated heterocycles. The molecule has 0 fully saturated rings. The topological polar surface area (TPSA) is 128 Å². The summed E-state index contributed by atoms with van der Waals surface area (Å²) in [6.45, 7) is 0.294. The number of phenolic OH excluding ortho intramolecular Hbond substituents is 1. The molecule has 0 spiro atoms. The number of methoxy groups -OCH3 is 1. The average Bonchev–Trinajstić information content (AvgIpc) is 3.15. The number of nitrogens with one attached hydrogen (secondary N) is 1.